The zero-order valence-electron chi connectivity index (χ0n) is 17.0. The number of rotatable bonds is 0. The van der Waals surface area contributed by atoms with E-state index in [0.29, 0.717) is 30.6 Å². The Morgan fingerprint density at radius 1 is 1.07 bits per heavy atom. The van der Waals surface area contributed by atoms with Crippen LogP contribution in [0.2, 0.25) is 0 Å². The number of phenolic OH excluding ortho intramolecular Hbond substituents is 1. The number of aromatic hydroxyl groups is 1. The summed E-state index contributed by atoms with van der Waals surface area (Å²) in [7, 11) is 0. The van der Waals surface area contributed by atoms with Gasteiger partial charge in [0.05, 0.1) is 12.7 Å². The maximum Gasteiger partial charge on any atom is 0.305 e. The Hall–Kier alpha value is -1.55. The quantitative estimate of drug-likeness (QED) is 0.634. The van der Waals surface area contributed by atoms with Crippen LogP contribution < -0.4 is 0 Å². The molecule has 3 aliphatic carbocycles. The van der Waals surface area contributed by atoms with Crippen LogP contribution in [0.1, 0.15) is 81.8 Å². The van der Waals surface area contributed by atoms with Crippen LogP contribution in [-0.2, 0) is 16.0 Å². The molecule has 4 nitrogen and oxygen atoms in total. The Labute approximate surface area is 168 Å². The minimum Gasteiger partial charge on any atom is -0.508 e. The van der Waals surface area contributed by atoms with Crippen LogP contribution in [0.3, 0.4) is 0 Å². The van der Waals surface area contributed by atoms with Crippen LogP contribution >= 0.6 is 0 Å². The van der Waals surface area contributed by atoms with Crippen molar-refractivity contribution in [1.29, 1.82) is 0 Å². The molecule has 28 heavy (non-hydrogen) atoms. The van der Waals surface area contributed by atoms with Gasteiger partial charge in [0.25, 0.3) is 0 Å². The summed E-state index contributed by atoms with van der Waals surface area (Å²) >= 11 is 0. The zero-order valence-corrected chi connectivity index (χ0v) is 17.0. The fraction of sp³-hybridized carbons (Fsp3) is 0.708. The average molecular weight is 387 g/mol. The van der Waals surface area contributed by atoms with Gasteiger partial charge >= 0.3 is 5.97 Å². The third kappa shape index (κ3) is 3.68. The van der Waals surface area contributed by atoms with E-state index in [1.807, 2.05) is 12.1 Å². The Bertz CT molecular complexity index is 705. The molecule has 4 aliphatic rings. The van der Waals surface area contributed by atoms with Crippen molar-refractivity contribution in [3.8, 4) is 5.75 Å². The molecule has 4 heteroatoms. The van der Waals surface area contributed by atoms with Gasteiger partial charge in [0.15, 0.2) is 0 Å². The van der Waals surface area contributed by atoms with Gasteiger partial charge in [0, 0.05) is 6.42 Å². The molecule has 0 aromatic heterocycles. The fourth-order valence-electron chi connectivity index (χ4n) is 6.35. The van der Waals surface area contributed by atoms with Crippen LogP contribution in [0.15, 0.2) is 18.2 Å². The van der Waals surface area contributed by atoms with Crippen molar-refractivity contribution in [3.05, 3.63) is 29.3 Å². The number of carbonyl (C=O) groups is 1. The van der Waals surface area contributed by atoms with E-state index in [2.05, 4.69) is 13.0 Å². The lowest BCUT2D eigenvalue weighted by atomic mass is 9.55. The van der Waals surface area contributed by atoms with Crippen LogP contribution in [0, 0.1) is 17.3 Å². The van der Waals surface area contributed by atoms with Gasteiger partial charge in [-0.3, -0.25) is 4.79 Å². The molecule has 0 bridgehead atoms. The highest BCUT2D eigenvalue weighted by atomic mass is 16.5. The van der Waals surface area contributed by atoms with Gasteiger partial charge in [-0.05, 0) is 104 Å². The van der Waals surface area contributed by atoms with Crippen molar-refractivity contribution >= 4 is 5.97 Å². The normalized spacial score (nSPS) is 36.7. The Balaban J connectivity index is 0.000000203. The minimum atomic E-state index is -0.0883. The number of hydrogen-bond acceptors (Lipinski definition) is 4. The smallest absolute Gasteiger partial charge is 0.305 e. The molecule has 2 N–H and O–H groups in total. The molecule has 0 unspecified atom stereocenters. The first-order chi connectivity index (χ1) is 13.5. The molecular formula is C24H34O4. The van der Waals surface area contributed by atoms with Crippen LogP contribution in [-0.4, -0.2) is 28.9 Å². The summed E-state index contributed by atoms with van der Waals surface area (Å²) in [6.45, 7) is 2.96. The van der Waals surface area contributed by atoms with Gasteiger partial charge in [-0.25, -0.2) is 0 Å². The summed E-state index contributed by atoms with van der Waals surface area (Å²) in [5.41, 5.74) is 2.99. The molecule has 1 aromatic carbocycles. The van der Waals surface area contributed by atoms with Gasteiger partial charge in [0.1, 0.15) is 5.75 Å². The van der Waals surface area contributed by atoms with E-state index in [4.69, 9.17) is 4.74 Å². The van der Waals surface area contributed by atoms with Crippen molar-refractivity contribution in [2.75, 3.05) is 6.61 Å². The number of fused-ring (bicyclic) bond motifs is 5. The van der Waals surface area contributed by atoms with E-state index in [0.717, 1.165) is 44.4 Å². The Morgan fingerprint density at radius 2 is 1.93 bits per heavy atom. The average Bonchev–Trinajstić information content (AvgIpc) is 2.84. The molecular weight excluding hydrogens is 352 g/mol. The van der Waals surface area contributed by atoms with E-state index in [1.54, 1.807) is 0 Å². The second-order valence-corrected chi connectivity index (χ2v) is 9.47. The lowest BCUT2D eigenvalue weighted by Crippen LogP contribution is -2.43. The highest BCUT2D eigenvalue weighted by Crippen LogP contribution is 2.60. The summed E-state index contributed by atoms with van der Waals surface area (Å²) < 4.78 is 4.76. The summed E-state index contributed by atoms with van der Waals surface area (Å²) in [5, 5.41) is 20.0. The van der Waals surface area contributed by atoms with Crippen molar-refractivity contribution in [2.45, 2.75) is 83.2 Å². The lowest BCUT2D eigenvalue weighted by Gasteiger charge is -2.50. The lowest BCUT2D eigenvalue weighted by molar-refractivity contribution is -0.142. The van der Waals surface area contributed by atoms with Crippen LogP contribution in [0.5, 0.6) is 5.75 Å². The Morgan fingerprint density at radius 3 is 2.79 bits per heavy atom. The van der Waals surface area contributed by atoms with Crippen molar-refractivity contribution in [3.63, 3.8) is 0 Å². The summed E-state index contributed by atoms with van der Waals surface area (Å²) in [6.07, 6.45) is 10.6. The molecule has 0 spiro atoms. The predicted molar refractivity (Wildman–Crippen MR) is 108 cm³/mol. The molecule has 1 aliphatic heterocycles. The number of phenols is 1. The zero-order chi connectivity index (χ0) is 19.7. The molecule has 1 heterocycles. The van der Waals surface area contributed by atoms with E-state index in [1.165, 1.54) is 30.4 Å². The Kier molecular flexibility index (Phi) is 5.69. The minimum absolute atomic E-state index is 0.0255. The van der Waals surface area contributed by atoms with Gasteiger partial charge < -0.3 is 14.9 Å². The molecule has 154 valence electrons. The number of carbonyl (C=O) groups excluding carboxylic acids is 1. The number of aliphatic hydroxyl groups is 1. The maximum absolute atomic E-state index is 10.5. The number of benzene rings is 1. The predicted octanol–water partition coefficient (Wildman–Crippen LogP) is 4.71. The second-order valence-electron chi connectivity index (χ2n) is 9.47. The van der Waals surface area contributed by atoms with E-state index < -0.39 is 0 Å². The molecule has 0 radical (unpaired) electrons. The van der Waals surface area contributed by atoms with Crippen LogP contribution in [0.4, 0.5) is 0 Å². The van der Waals surface area contributed by atoms with Gasteiger partial charge in [0.2, 0.25) is 0 Å². The van der Waals surface area contributed by atoms with Crippen molar-refractivity contribution in [2.24, 2.45) is 17.3 Å². The molecule has 5 atom stereocenters. The summed E-state index contributed by atoms with van der Waals surface area (Å²) in [5.74, 6) is 2.46. The monoisotopic (exact) mass is 386 g/mol. The summed E-state index contributed by atoms with van der Waals surface area (Å²) in [4.78, 5) is 10.5. The first kappa shape index (κ1) is 19.8. The number of cyclic esters (lactones) is 1. The van der Waals surface area contributed by atoms with Crippen molar-refractivity contribution < 1.29 is 19.7 Å². The van der Waals surface area contributed by atoms with E-state index in [9.17, 15) is 15.0 Å². The van der Waals surface area contributed by atoms with E-state index in [-0.39, 0.29) is 17.5 Å². The molecule has 3 fully saturated rings. The second kappa shape index (κ2) is 8.06. The molecule has 2 saturated carbocycles. The third-order valence-electron chi connectivity index (χ3n) is 7.95. The van der Waals surface area contributed by atoms with Crippen LogP contribution in [0.25, 0.3) is 0 Å². The highest BCUT2D eigenvalue weighted by molar-refractivity contribution is 5.69. The van der Waals surface area contributed by atoms with Gasteiger partial charge in [-0.1, -0.05) is 13.0 Å². The molecule has 0 amide bonds. The number of aryl methyl sites for hydroxylation is 1. The first-order valence-electron chi connectivity index (χ1n) is 11.1. The fourth-order valence-corrected chi connectivity index (χ4v) is 6.35. The standard InChI is InChI=1S/C18H24O2.C6H10O2/c1-18-9-8-14-13-5-3-12(19)10-11(13)2-4-15(14)16(18)6-7-17(18)20;7-6-4-2-1-3-5-8-6/h3,5,10,14-17,19-20H,2,4,6-9H2,1H3;1-5H2/t14-,15-,16+,17+,18+;/m1./s1. The topological polar surface area (TPSA) is 66.8 Å². The number of esters is 1. The maximum atomic E-state index is 10.5. The van der Waals surface area contributed by atoms with E-state index >= 15 is 0 Å². The molecule has 1 saturated heterocycles. The number of hydrogen-bond donors (Lipinski definition) is 2. The SMILES string of the molecule is C[C@]12CC[C@@H]3c4ccc(O)cc4CC[C@H]3[C@@H]1CC[C@@H]2O.O=C1CCCCCO1. The van der Waals surface area contributed by atoms with Gasteiger partial charge in [-0.15, -0.1) is 0 Å². The molecule has 1 aromatic rings. The third-order valence-corrected chi connectivity index (χ3v) is 7.95. The number of aliphatic hydroxyl groups excluding tert-OH is 1. The number of ether oxygens (including phenoxy) is 1. The molecule has 5 rings (SSSR count). The first-order valence-corrected chi connectivity index (χ1v) is 11.1. The van der Waals surface area contributed by atoms with Crippen molar-refractivity contribution in [1.82, 2.24) is 0 Å². The largest absolute Gasteiger partial charge is 0.508 e. The van der Waals surface area contributed by atoms with Gasteiger partial charge in [-0.2, -0.15) is 0 Å². The summed E-state index contributed by atoms with van der Waals surface area (Å²) in [6, 6.07) is 5.96. The highest BCUT2D eigenvalue weighted by Gasteiger charge is 2.54.